The summed E-state index contributed by atoms with van der Waals surface area (Å²) in [6, 6.07) is 8.31. The van der Waals surface area contributed by atoms with Gasteiger partial charge in [-0.05, 0) is 12.0 Å². The summed E-state index contributed by atoms with van der Waals surface area (Å²) in [7, 11) is 0. The maximum absolute atomic E-state index is 12.2. The molecule has 1 aromatic rings. The third-order valence-electron chi connectivity index (χ3n) is 3.22. The van der Waals surface area contributed by atoms with E-state index >= 15 is 0 Å². The molecule has 5 nitrogen and oxygen atoms in total. The molecule has 1 aromatic carbocycles. The number of hydrogen-bond donors (Lipinski definition) is 3. The average molecular weight is 278 g/mol. The van der Waals surface area contributed by atoms with Crippen LogP contribution in [0, 0.1) is 0 Å². The molecule has 0 radical (unpaired) electrons. The first-order valence-electron chi connectivity index (χ1n) is 6.88. The molecule has 2 atom stereocenters. The molecule has 110 valence electrons. The topological polar surface area (TPSA) is 92.4 Å². The monoisotopic (exact) mass is 278 g/mol. The second-order valence-electron chi connectivity index (χ2n) is 4.74. The quantitative estimate of drug-likeness (QED) is 0.671. The Kier molecular flexibility index (Phi) is 6.73. The Balaban J connectivity index is 2.73. The lowest BCUT2D eigenvalue weighted by atomic mass is 9.97. The fourth-order valence-electron chi connectivity index (χ4n) is 2.02. The summed E-state index contributed by atoms with van der Waals surface area (Å²) >= 11 is 0. The van der Waals surface area contributed by atoms with Gasteiger partial charge in [0.2, 0.25) is 5.91 Å². The van der Waals surface area contributed by atoms with E-state index in [4.69, 9.17) is 10.8 Å². The largest absolute Gasteiger partial charge is 0.480 e. The van der Waals surface area contributed by atoms with Gasteiger partial charge in [0.1, 0.15) is 6.04 Å². The smallest absolute Gasteiger partial charge is 0.326 e. The molecule has 0 fully saturated rings. The van der Waals surface area contributed by atoms with Crippen molar-refractivity contribution in [2.75, 3.05) is 6.54 Å². The average Bonchev–Trinajstić information content (AvgIpc) is 2.45. The van der Waals surface area contributed by atoms with Gasteiger partial charge in [-0.25, -0.2) is 4.79 Å². The van der Waals surface area contributed by atoms with E-state index in [1.807, 2.05) is 37.3 Å². The highest BCUT2D eigenvalue weighted by Gasteiger charge is 2.25. The molecule has 1 rings (SSSR count). The predicted molar refractivity (Wildman–Crippen MR) is 77.3 cm³/mol. The van der Waals surface area contributed by atoms with Gasteiger partial charge in [0.15, 0.2) is 0 Å². The molecule has 0 aliphatic carbocycles. The fraction of sp³-hybridized carbons (Fsp3) is 0.467. The first-order chi connectivity index (χ1) is 9.60. The number of carboxylic acids is 1. The van der Waals surface area contributed by atoms with Gasteiger partial charge in [0.05, 0.1) is 5.92 Å². The normalized spacial score (nSPS) is 13.5. The lowest BCUT2D eigenvalue weighted by Gasteiger charge is -2.19. The van der Waals surface area contributed by atoms with E-state index in [9.17, 15) is 9.59 Å². The molecule has 0 saturated carbocycles. The van der Waals surface area contributed by atoms with E-state index in [1.54, 1.807) is 0 Å². The molecule has 0 aromatic heterocycles. The van der Waals surface area contributed by atoms with Gasteiger partial charge in [-0.15, -0.1) is 0 Å². The lowest BCUT2D eigenvalue weighted by Crippen LogP contribution is -2.44. The summed E-state index contributed by atoms with van der Waals surface area (Å²) in [6.45, 7) is 2.13. The van der Waals surface area contributed by atoms with Crippen molar-refractivity contribution >= 4 is 11.9 Å². The SMILES string of the molecule is CCCC[C@H](NC(=O)C(CN)c1ccccc1)C(=O)O. The number of hydrogen-bond acceptors (Lipinski definition) is 3. The van der Waals surface area contributed by atoms with Crippen LogP contribution in [0.15, 0.2) is 30.3 Å². The van der Waals surface area contributed by atoms with Crippen molar-refractivity contribution in [3.63, 3.8) is 0 Å². The highest BCUT2D eigenvalue weighted by atomic mass is 16.4. The van der Waals surface area contributed by atoms with Crippen LogP contribution in [0.2, 0.25) is 0 Å². The molecule has 0 saturated heterocycles. The van der Waals surface area contributed by atoms with Crippen molar-refractivity contribution in [1.29, 1.82) is 0 Å². The lowest BCUT2D eigenvalue weighted by molar-refractivity contribution is -0.142. The van der Waals surface area contributed by atoms with E-state index in [1.165, 1.54) is 0 Å². The van der Waals surface area contributed by atoms with E-state index in [2.05, 4.69) is 5.32 Å². The van der Waals surface area contributed by atoms with E-state index in [0.717, 1.165) is 18.4 Å². The number of nitrogens with two attached hydrogens (primary N) is 1. The predicted octanol–water partition coefficient (Wildman–Crippen LogP) is 1.49. The highest BCUT2D eigenvalue weighted by Crippen LogP contribution is 2.15. The highest BCUT2D eigenvalue weighted by molar-refractivity contribution is 5.88. The molecule has 0 spiro atoms. The molecule has 20 heavy (non-hydrogen) atoms. The van der Waals surface area contributed by atoms with Crippen LogP contribution in [0.1, 0.15) is 37.7 Å². The van der Waals surface area contributed by atoms with Gasteiger partial charge in [-0.3, -0.25) is 4.79 Å². The molecule has 1 amide bonds. The molecular formula is C15H22N2O3. The molecule has 1 unspecified atom stereocenters. The van der Waals surface area contributed by atoms with Crippen LogP contribution in [0.3, 0.4) is 0 Å². The number of unbranched alkanes of at least 4 members (excludes halogenated alkanes) is 1. The van der Waals surface area contributed by atoms with Gasteiger partial charge in [0, 0.05) is 6.54 Å². The minimum absolute atomic E-state index is 0.149. The standard InChI is InChI=1S/C15H22N2O3/c1-2-3-9-13(15(19)20)17-14(18)12(10-16)11-7-5-4-6-8-11/h4-8,12-13H,2-3,9-10,16H2,1H3,(H,17,18)(H,19,20)/t12?,13-/m0/s1. The summed E-state index contributed by atoms with van der Waals surface area (Å²) in [5.74, 6) is -1.85. The zero-order valence-electron chi connectivity index (χ0n) is 11.7. The molecular weight excluding hydrogens is 256 g/mol. The van der Waals surface area contributed by atoms with E-state index in [0.29, 0.717) is 6.42 Å². The molecule has 0 aliphatic rings. The fourth-order valence-corrected chi connectivity index (χ4v) is 2.02. The van der Waals surface area contributed by atoms with E-state index < -0.39 is 17.9 Å². The molecule has 0 heterocycles. The van der Waals surface area contributed by atoms with Crippen molar-refractivity contribution in [3.05, 3.63) is 35.9 Å². The van der Waals surface area contributed by atoms with Crippen molar-refractivity contribution in [1.82, 2.24) is 5.32 Å². The maximum Gasteiger partial charge on any atom is 0.326 e. The number of benzene rings is 1. The zero-order valence-corrected chi connectivity index (χ0v) is 11.7. The van der Waals surface area contributed by atoms with Crippen LogP contribution in [0.4, 0.5) is 0 Å². The Morgan fingerprint density at radius 1 is 1.30 bits per heavy atom. The van der Waals surface area contributed by atoms with Gasteiger partial charge >= 0.3 is 5.97 Å². The Bertz CT molecular complexity index is 434. The summed E-state index contributed by atoms with van der Waals surface area (Å²) in [5.41, 5.74) is 6.45. The van der Waals surface area contributed by atoms with Crippen LogP contribution >= 0.6 is 0 Å². The number of carboxylic acid groups (broad SMARTS) is 1. The summed E-state index contributed by atoms with van der Waals surface area (Å²) in [5, 5.41) is 11.7. The summed E-state index contributed by atoms with van der Waals surface area (Å²) in [6.07, 6.45) is 2.08. The van der Waals surface area contributed by atoms with Crippen molar-refractivity contribution in [2.45, 2.75) is 38.1 Å². The first-order valence-corrected chi connectivity index (χ1v) is 6.88. The third-order valence-corrected chi connectivity index (χ3v) is 3.22. The van der Waals surface area contributed by atoms with Crippen molar-refractivity contribution < 1.29 is 14.7 Å². The summed E-state index contributed by atoms with van der Waals surface area (Å²) < 4.78 is 0. The second kappa shape index (κ2) is 8.32. The Morgan fingerprint density at radius 3 is 2.45 bits per heavy atom. The second-order valence-corrected chi connectivity index (χ2v) is 4.74. The summed E-state index contributed by atoms with van der Waals surface area (Å²) in [4.78, 5) is 23.3. The molecule has 4 N–H and O–H groups in total. The first kappa shape index (κ1) is 16.2. The van der Waals surface area contributed by atoms with Crippen LogP contribution in [-0.2, 0) is 9.59 Å². The van der Waals surface area contributed by atoms with Crippen molar-refractivity contribution in [3.8, 4) is 0 Å². The van der Waals surface area contributed by atoms with E-state index in [-0.39, 0.29) is 12.5 Å². The van der Waals surface area contributed by atoms with Gasteiger partial charge < -0.3 is 16.2 Å². The number of carbonyl (C=O) groups excluding carboxylic acids is 1. The van der Waals surface area contributed by atoms with Crippen LogP contribution in [0.5, 0.6) is 0 Å². The number of rotatable bonds is 8. The maximum atomic E-state index is 12.2. The van der Waals surface area contributed by atoms with Crippen LogP contribution in [-0.4, -0.2) is 29.6 Å². The van der Waals surface area contributed by atoms with Gasteiger partial charge in [-0.1, -0.05) is 50.1 Å². The number of nitrogens with one attached hydrogen (secondary N) is 1. The third kappa shape index (κ3) is 4.66. The molecule has 0 bridgehead atoms. The molecule has 5 heteroatoms. The van der Waals surface area contributed by atoms with Crippen LogP contribution in [0.25, 0.3) is 0 Å². The number of aliphatic carboxylic acids is 1. The zero-order chi connectivity index (χ0) is 15.0. The van der Waals surface area contributed by atoms with Crippen molar-refractivity contribution in [2.24, 2.45) is 5.73 Å². The Labute approximate surface area is 119 Å². The van der Waals surface area contributed by atoms with Gasteiger partial charge in [0.25, 0.3) is 0 Å². The number of amides is 1. The Hall–Kier alpha value is -1.88. The minimum Gasteiger partial charge on any atom is -0.480 e. The Morgan fingerprint density at radius 2 is 1.95 bits per heavy atom. The van der Waals surface area contributed by atoms with Crippen LogP contribution < -0.4 is 11.1 Å². The number of carbonyl (C=O) groups is 2. The minimum atomic E-state index is -1.00. The molecule has 0 aliphatic heterocycles. The van der Waals surface area contributed by atoms with Gasteiger partial charge in [-0.2, -0.15) is 0 Å².